The average Bonchev–Trinajstić information content (AvgIpc) is 3.43. The van der Waals surface area contributed by atoms with Gasteiger partial charge in [-0.05, 0) is 30.7 Å². The Morgan fingerprint density at radius 3 is 2.52 bits per heavy atom. The molecule has 3 aromatic carbocycles. The third-order valence-corrected chi connectivity index (χ3v) is 5.61. The molecule has 0 aliphatic heterocycles. The number of aryl methyl sites for hydroxylation is 1. The minimum Gasteiger partial charge on any atom is -0.337 e. The standard InChI is InChI=1S/C26H22FN5O/c1-17-28-25(31-30-17)24(18-9-3-2-4-10-18)29-26(33)23-15-19-11-6-8-14-22(19)32(23)16-20-12-5-7-13-21(20)27/h2-15,24H,16H2,1H3,(H,29,33)(H,28,30,31). The molecule has 0 aliphatic carbocycles. The molecule has 6 nitrogen and oxygen atoms in total. The highest BCUT2D eigenvalue weighted by atomic mass is 19.1. The lowest BCUT2D eigenvalue weighted by Gasteiger charge is -2.18. The van der Waals surface area contributed by atoms with Crippen LogP contribution in [0.5, 0.6) is 0 Å². The summed E-state index contributed by atoms with van der Waals surface area (Å²) < 4.78 is 16.3. The lowest BCUT2D eigenvalue weighted by molar-refractivity contribution is 0.0933. The second-order valence-electron chi connectivity index (χ2n) is 7.86. The van der Waals surface area contributed by atoms with Crippen LogP contribution in [0.2, 0.25) is 0 Å². The summed E-state index contributed by atoms with van der Waals surface area (Å²) in [4.78, 5) is 18.0. The summed E-state index contributed by atoms with van der Waals surface area (Å²) in [5.41, 5.74) is 2.67. The van der Waals surface area contributed by atoms with Crippen molar-refractivity contribution in [2.45, 2.75) is 19.5 Å². The van der Waals surface area contributed by atoms with E-state index in [4.69, 9.17) is 0 Å². The molecule has 0 bridgehead atoms. The van der Waals surface area contributed by atoms with Crippen molar-refractivity contribution in [3.63, 3.8) is 0 Å². The van der Waals surface area contributed by atoms with Gasteiger partial charge in [0.1, 0.15) is 23.4 Å². The molecule has 5 rings (SSSR count). The molecule has 0 radical (unpaired) electrons. The first kappa shape index (κ1) is 20.6. The van der Waals surface area contributed by atoms with Crippen molar-refractivity contribution in [3.8, 4) is 0 Å². The molecule has 0 saturated carbocycles. The fourth-order valence-electron chi connectivity index (χ4n) is 4.00. The number of carbonyl (C=O) groups is 1. The van der Waals surface area contributed by atoms with Crippen molar-refractivity contribution in [3.05, 3.63) is 119 Å². The van der Waals surface area contributed by atoms with Crippen LogP contribution in [0, 0.1) is 12.7 Å². The molecule has 7 heteroatoms. The molecule has 33 heavy (non-hydrogen) atoms. The van der Waals surface area contributed by atoms with Crippen molar-refractivity contribution in [1.82, 2.24) is 25.1 Å². The topological polar surface area (TPSA) is 75.6 Å². The number of aromatic amines is 1. The van der Waals surface area contributed by atoms with Crippen LogP contribution < -0.4 is 5.32 Å². The van der Waals surface area contributed by atoms with Gasteiger partial charge >= 0.3 is 0 Å². The molecule has 1 unspecified atom stereocenters. The number of nitrogens with zero attached hydrogens (tertiary/aromatic N) is 3. The van der Waals surface area contributed by atoms with Gasteiger partial charge in [-0.2, -0.15) is 5.10 Å². The van der Waals surface area contributed by atoms with Crippen molar-refractivity contribution in [2.75, 3.05) is 0 Å². The summed E-state index contributed by atoms with van der Waals surface area (Å²) in [7, 11) is 0. The molecule has 0 fully saturated rings. The Morgan fingerprint density at radius 2 is 1.76 bits per heavy atom. The Kier molecular flexibility index (Phi) is 5.44. The van der Waals surface area contributed by atoms with Crippen LogP contribution in [0.15, 0.2) is 84.9 Å². The average molecular weight is 439 g/mol. The Hall–Kier alpha value is -4.26. The van der Waals surface area contributed by atoms with Crippen LogP contribution in [0.25, 0.3) is 10.9 Å². The SMILES string of the molecule is Cc1nc(C(NC(=O)c2cc3ccccc3n2Cc2ccccc2F)c2ccccc2)n[nH]1. The van der Waals surface area contributed by atoms with E-state index in [0.29, 0.717) is 22.9 Å². The molecule has 0 spiro atoms. The summed E-state index contributed by atoms with van der Waals surface area (Å²) in [6, 6.07) is 25.2. The first-order chi connectivity index (χ1) is 16.1. The zero-order valence-electron chi connectivity index (χ0n) is 18.0. The molecule has 0 aliphatic rings. The van der Waals surface area contributed by atoms with Gasteiger partial charge in [-0.1, -0.05) is 66.7 Å². The first-order valence-electron chi connectivity index (χ1n) is 10.7. The Morgan fingerprint density at radius 1 is 1.03 bits per heavy atom. The zero-order chi connectivity index (χ0) is 22.8. The molecule has 2 heterocycles. The van der Waals surface area contributed by atoms with Gasteiger partial charge in [0.15, 0.2) is 5.82 Å². The molecular weight excluding hydrogens is 417 g/mol. The first-order valence-corrected chi connectivity index (χ1v) is 10.7. The maximum atomic E-state index is 14.4. The number of amides is 1. The van der Waals surface area contributed by atoms with Gasteiger partial charge in [-0.3, -0.25) is 9.89 Å². The highest BCUT2D eigenvalue weighted by Gasteiger charge is 2.24. The fraction of sp³-hybridized carbons (Fsp3) is 0.115. The summed E-state index contributed by atoms with van der Waals surface area (Å²) in [6.07, 6.45) is 0. The summed E-state index contributed by atoms with van der Waals surface area (Å²) in [6.45, 7) is 2.05. The van der Waals surface area contributed by atoms with Crippen molar-refractivity contribution < 1.29 is 9.18 Å². The van der Waals surface area contributed by atoms with E-state index in [9.17, 15) is 9.18 Å². The number of hydrogen-bond donors (Lipinski definition) is 2. The second kappa shape index (κ2) is 8.70. The lowest BCUT2D eigenvalue weighted by Crippen LogP contribution is -2.31. The molecule has 0 saturated heterocycles. The van der Waals surface area contributed by atoms with Crippen molar-refractivity contribution >= 4 is 16.8 Å². The van der Waals surface area contributed by atoms with Crippen LogP contribution in [-0.4, -0.2) is 25.7 Å². The van der Waals surface area contributed by atoms with Gasteiger partial charge in [-0.15, -0.1) is 0 Å². The maximum absolute atomic E-state index is 14.4. The van der Waals surface area contributed by atoms with Crippen molar-refractivity contribution in [2.24, 2.45) is 0 Å². The van der Waals surface area contributed by atoms with E-state index in [1.54, 1.807) is 18.2 Å². The monoisotopic (exact) mass is 439 g/mol. The van der Waals surface area contributed by atoms with Gasteiger partial charge in [0.2, 0.25) is 0 Å². The number of fused-ring (bicyclic) bond motifs is 1. The molecule has 1 amide bonds. The molecule has 164 valence electrons. The fourth-order valence-corrected chi connectivity index (χ4v) is 4.00. The number of aromatic nitrogens is 4. The van der Waals surface area contributed by atoms with Gasteiger partial charge in [0.05, 0.1) is 6.54 Å². The van der Waals surface area contributed by atoms with E-state index in [-0.39, 0.29) is 18.3 Å². The third-order valence-electron chi connectivity index (χ3n) is 5.61. The van der Waals surface area contributed by atoms with E-state index >= 15 is 0 Å². The molecule has 2 N–H and O–H groups in total. The molecule has 2 aromatic heterocycles. The number of halogens is 1. The molecule has 5 aromatic rings. The van der Waals surface area contributed by atoms with E-state index < -0.39 is 6.04 Å². The number of H-pyrrole nitrogens is 1. The maximum Gasteiger partial charge on any atom is 0.268 e. The number of rotatable bonds is 6. The minimum atomic E-state index is -0.538. The van der Waals surface area contributed by atoms with Crippen LogP contribution in [0.1, 0.15) is 39.3 Å². The Balaban J connectivity index is 1.55. The van der Waals surface area contributed by atoms with E-state index in [1.807, 2.05) is 72.2 Å². The summed E-state index contributed by atoms with van der Waals surface area (Å²) >= 11 is 0. The van der Waals surface area contributed by atoms with Crippen LogP contribution >= 0.6 is 0 Å². The van der Waals surface area contributed by atoms with Gasteiger partial charge in [-0.25, -0.2) is 9.37 Å². The summed E-state index contributed by atoms with van der Waals surface area (Å²) in [5.74, 6) is 0.538. The number of benzene rings is 3. The molecule has 1 atom stereocenters. The second-order valence-corrected chi connectivity index (χ2v) is 7.86. The number of nitrogens with one attached hydrogen (secondary N) is 2. The van der Waals surface area contributed by atoms with Crippen LogP contribution in [0.4, 0.5) is 4.39 Å². The smallest absolute Gasteiger partial charge is 0.268 e. The van der Waals surface area contributed by atoms with E-state index in [0.717, 1.165) is 16.5 Å². The Labute approximate surface area is 190 Å². The predicted octanol–water partition coefficient (Wildman–Crippen LogP) is 4.77. The van der Waals surface area contributed by atoms with Crippen molar-refractivity contribution in [1.29, 1.82) is 0 Å². The highest BCUT2D eigenvalue weighted by molar-refractivity contribution is 5.99. The Bertz CT molecular complexity index is 1420. The lowest BCUT2D eigenvalue weighted by atomic mass is 10.1. The van der Waals surface area contributed by atoms with Crippen LogP contribution in [0.3, 0.4) is 0 Å². The van der Waals surface area contributed by atoms with E-state index in [1.165, 1.54) is 6.07 Å². The largest absolute Gasteiger partial charge is 0.337 e. The van der Waals surface area contributed by atoms with Gasteiger partial charge in [0.25, 0.3) is 5.91 Å². The van der Waals surface area contributed by atoms with Crippen LogP contribution in [-0.2, 0) is 6.54 Å². The molecular formula is C26H22FN5O. The van der Waals surface area contributed by atoms with Gasteiger partial charge in [0, 0.05) is 16.5 Å². The zero-order valence-corrected chi connectivity index (χ0v) is 18.0. The number of hydrogen-bond acceptors (Lipinski definition) is 3. The summed E-state index contributed by atoms with van der Waals surface area (Å²) in [5, 5.41) is 11.1. The number of para-hydroxylation sites is 1. The highest BCUT2D eigenvalue weighted by Crippen LogP contribution is 2.24. The normalized spacial score (nSPS) is 12.1. The quantitative estimate of drug-likeness (QED) is 0.400. The van der Waals surface area contributed by atoms with Gasteiger partial charge < -0.3 is 9.88 Å². The van der Waals surface area contributed by atoms with E-state index in [2.05, 4.69) is 20.5 Å². The number of carbonyl (C=O) groups excluding carboxylic acids is 1. The predicted molar refractivity (Wildman–Crippen MR) is 124 cm³/mol. The third kappa shape index (κ3) is 4.13. The minimum absolute atomic E-state index is 0.235.